The Morgan fingerprint density at radius 3 is 2.57 bits per heavy atom. The average molecular weight is 191 g/mol. The Kier molecular flexibility index (Phi) is 3.24. The third kappa shape index (κ3) is 2.10. The van der Waals surface area contributed by atoms with Gasteiger partial charge in [-0.2, -0.15) is 5.26 Å². The number of aromatic nitrogens is 2. The van der Waals surface area contributed by atoms with Crippen molar-refractivity contribution in [2.75, 3.05) is 30.4 Å². The quantitative estimate of drug-likeness (QED) is 0.523. The lowest BCUT2D eigenvalue weighted by Gasteiger charge is -2.16. The third-order valence-electron chi connectivity index (χ3n) is 2.00. The molecular weight excluding hydrogens is 178 g/mol. The van der Waals surface area contributed by atoms with Crippen molar-refractivity contribution in [2.45, 2.75) is 6.92 Å². The van der Waals surface area contributed by atoms with Crippen molar-refractivity contribution in [3.63, 3.8) is 0 Å². The lowest BCUT2D eigenvalue weighted by Crippen LogP contribution is -2.18. The Morgan fingerprint density at radius 2 is 2.00 bits per heavy atom. The molecule has 0 atom stereocenters. The molecule has 0 unspecified atom stereocenters. The molecular formula is C9H13N5. The third-order valence-corrected chi connectivity index (χ3v) is 2.00. The van der Waals surface area contributed by atoms with Crippen LogP contribution in [0.5, 0.6) is 0 Å². The van der Waals surface area contributed by atoms with E-state index in [9.17, 15) is 0 Å². The summed E-state index contributed by atoms with van der Waals surface area (Å²) in [6.45, 7) is 2.91. The molecule has 0 saturated carbocycles. The number of hydrogen-bond donors (Lipinski definition) is 0. The van der Waals surface area contributed by atoms with Gasteiger partial charge >= 0.3 is 0 Å². The van der Waals surface area contributed by atoms with Gasteiger partial charge in [0.1, 0.15) is 18.0 Å². The maximum atomic E-state index is 8.68. The van der Waals surface area contributed by atoms with Crippen molar-refractivity contribution in [1.82, 2.24) is 9.97 Å². The van der Waals surface area contributed by atoms with Crippen LogP contribution in [0.15, 0.2) is 12.4 Å². The number of rotatable bonds is 3. The molecule has 0 N–H and O–H groups in total. The van der Waals surface area contributed by atoms with E-state index in [4.69, 9.17) is 5.26 Å². The van der Waals surface area contributed by atoms with Crippen LogP contribution in [-0.2, 0) is 0 Å². The van der Waals surface area contributed by atoms with Crippen molar-refractivity contribution < 1.29 is 0 Å². The summed E-state index contributed by atoms with van der Waals surface area (Å²) in [6, 6.07) is 1.78. The Bertz CT molecular complexity index is 343. The van der Waals surface area contributed by atoms with Gasteiger partial charge in [-0.25, -0.2) is 9.97 Å². The summed E-state index contributed by atoms with van der Waals surface area (Å²) in [5.74, 6) is 1.43. The summed E-state index contributed by atoms with van der Waals surface area (Å²) in [7, 11) is 3.61. The molecule has 0 aliphatic heterocycles. The summed E-state index contributed by atoms with van der Waals surface area (Å²) >= 11 is 0. The number of nitriles is 1. The molecule has 0 aliphatic rings. The highest BCUT2D eigenvalue weighted by atomic mass is 15.2. The van der Waals surface area contributed by atoms with E-state index in [0.717, 1.165) is 12.4 Å². The first-order valence-electron chi connectivity index (χ1n) is 4.35. The molecule has 0 amide bonds. The van der Waals surface area contributed by atoms with E-state index in [1.165, 1.54) is 11.2 Å². The second-order valence-electron chi connectivity index (χ2n) is 2.91. The summed E-state index contributed by atoms with van der Waals surface area (Å²) in [5, 5.41) is 8.68. The highest BCUT2D eigenvalue weighted by Crippen LogP contribution is 2.14. The second-order valence-corrected chi connectivity index (χ2v) is 2.91. The van der Waals surface area contributed by atoms with Crippen molar-refractivity contribution in [2.24, 2.45) is 0 Å². The van der Waals surface area contributed by atoms with Gasteiger partial charge in [0.25, 0.3) is 0 Å². The van der Waals surface area contributed by atoms with Crippen molar-refractivity contribution in [1.29, 1.82) is 5.26 Å². The van der Waals surface area contributed by atoms with E-state index in [0.29, 0.717) is 5.82 Å². The molecule has 0 aromatic carbocycles. The molecule has 0 radical (unpaired) electrons. The molecule has 5 nitrogen and oxygen atoms in total. The predicted molar refractivity (Wildman–Crippen MR) is 55.0 cm³/mol. The first kappa shape index (κ1) is 10.3. The van der Waals surface area contributed by atoms with E-state index in [2.05, 4.69) is 9.97 Å². The second kappa shape index (κ2) is 4.42. The van der Waals surface area contributed by atoms with E-state index < -0.39 is 0 Å². The fraction of sp³-hybridized carbons (Fsp3) is 0.444. The summed E-state index contributed by atoms with van der Waals surface area (Å²) in [6.07, 6.45) is 3.45. The number of nitrogens with zero attached hydrogens (tertiary/aromatic N) is 5. The van der Waals surface area contributed by atoms with Crippen LogP contribution in [0.2, 0.25) is 0 Å². The van der Waals surface area contributed by atoms with Gasteiger partial charge in [0.05, 0.1) is 0 Å². The maximum Gasteiger partial charge on any atom is 0.185 e. The largest absolute Gasteiger partial charge is 0.360 e. The fourth-order valence-electron chi connectivity index (χ4n) is 0.943. The van der Waals surface area contributed by atoms with Gasteiger partial charge < -0.3 is 4.90 Å². The number of anilines is 2. The summed E-state index contributed by atoms with van der Waals surface area (Å²) < 4.78 is 0. The van der Waals surface area contributed by atoms with E-state index >= 15 is 0 Å². The zero-order valence-electron chi connectivity index (χ0n) is 8.60. The predicted octanol–water partition coefficient (Wildman–Crippen LogP) is 0.850. The maximum absolute atomic E-state index is 8.68. The van der Waals surface area contributed by atoms with E-state index in [1.54, 1.807) is 13.1 Å². The smallest absolute Gasteiger partial charge is 0.185 e. The lowest BCUT2D eigenvalue weighted by atomic mass is 10.4. The van der Waals surface area contributed by atoms with Crippen molar-refractivity contribution >= 4 is 11.6 Å². The molecule has 0 bridgehead atoms. The molecule has 1 aromatic rings. The van der Waals surface area contributed by atoms with Crippen LogP contribution in [0.4, 0.5) is 11.6 Å². The fourth-order valence-corrected chi connectivity index (χ4v) is 0.943. The Labute approximate surface area is 83.6 Å². The first-order valence-corrected chi connectivity index (χ1v) is 4.35. The van der Waals surface area contributed by atoms with Gasteiger partial charge in [-0.3, -0.25) is 4.90 Å². The van der Waals surface area contributed by atoms with Gasteiger partial charge in [-0.1, -0.05) is 0 Å². The van der Waals surface area contributed by atoms with Gasteiger partial charge in [0.2, 0.25) is 0 Å². The van der Waals surface area contributed by atoms with Crippen molar-refractivity contribution in [3.8, 4) is 6.19 Å². The first-order chi connectivity index (χ1) is 6.69. The number of hydrogen-bond acceptors (Lipinski definition) is 5. The topological polar surface area (TPSA) is 56.0 Å². The average Bonchev–Trinajstić information content (AvgIpc) is 2.27. The van der Waals surface area contributed by atoms with Crippen LogP contribution in [0, 0.1) is 11.5 Å². The van der Waals surface area contributed by atoms with Crippen molar-refractivity contribution in [3.05, 3.63) is 12.4 Å². The minimum atomic E-state index is 0.609. The van der Waals surface area contributed by atoms with E-state index in [-0.39, 0.29) is 0 Å². The van der Waals surface area contributed by atoms with Gasteiger partial charge in [-0.05, 0) is 6.92 Å². The SMILES string of the molecule is CCN(C)c1cc(N(C)C#N)ncn1. The van der Waals surface area contributed by atoms with Gasteiger partial charge in [0, 0.05) is 26.7 Å². The van der Waals surface area contributed by atoms with Crippen LogP contribution in [0.3, 0.4) is 0 Å². The Hall–Kier alpha value is -1.83. The van der Waals surface area contributed by atoms with E-state index in [1.807, 2.05) is 25.1 Å². The molecule has 1 rings (SSSR count). The molecule has 0 aliphatic carbocycles. The molecule has 1 heterocycles. The van der Waals surface area contributed by atoms with Gasteiger partial charge in [0.15, 0.2) is 6.19 Å². The Morgan fingerprint density at radius 1 is 1.36 bits per heavy atom. The molecule has 0 fully saturated rings. The molecule has 0 spiro atoms. The lowest BCUT2D eigenvalue weighted by molar-refractivity contribution is 0.925. The minimum Gasteiger partial charge on any atom is -0.360 e. The summed E-state index contributed by atoms with van der Waals surface area (Å²) in [5.41, 5.74) is 0. The molecule has 5 heteroatoms. The molecule has 0 saturated heterocycles. The zero-order valence-corrected chi connectivity index (χ0v) is 8.60. The Balaban J connectivity index is 2.96. The van der Waals surface area contributed by atoms with Crippen LogP contribution < -0.4 is 9.80 Å². The molecule has 14 heavy (non-hydrogen) atoms. The van der Waals surface area contributed by atoms with Crippen LogP contribution >= 0.6 is 0 Å². The zero-order chi connectivity index (χ0) is 10.6. The standard InChI is InChI=1S/C9H13N5/c1-4-13(2)8-5-9(12-7-11-8)14(3)6-10/h5,7H,4H2,1-3H3. The monoisotopic (exact) mass is 191 g/mol. The summed E-state index contributed by atoms with van der Waals surface area (Å²) in [4.78, 5) is 11.5. The van der Waals surface area contributed by atoms with Gasteiger partial charge in [-0.15, -0.1) is 0 Å². The molecule has 1 aromatic heterocycles. The minimum absolute atomic E-state index is 0.609. The van der Waals surface area contributed by atoms with Crippen LogP contribution in [-0.4, -0.2) is 30.6 Å². The highest BCUT2D eigenvalue weighted by Gasteiger charge is 2.05. The highest BCUT2D eigenvalue weighted by molar-refractivity contribution is 5.51. The normalized spacial score (nSPS) is 9.29. The van der Waals surface area contributed by atoms with Crippen LogP contribution in [0.1, 0.15) is 6.92 Å². The van der Waals surface area contributed by atoms with Crippen LogP contribution in [0.25, 0.3) is 0 Å². The molecule has 74 valence electrons.